The number of amides is 2. The number of rotatable bonds is 11. The van der Waals surface area contributed by atoms with Gasteiger partial charge in [0, 0.05) is 25.8 Å². The van der Waals surface area contributed by atoms with E-state index in [1.165, 1.54) is 11.3 Å². The van der Waals surface area contributed by atoms with E-state index in [-0.39, 0.29) is 12.1 Å². The smallest absolute Gasteiger partial charge is 0.337 e. The van der Waals surface area contributed by atoms with Gasteiger partial charge in [0.2, 0.25) is 0 Å². The molecule has 1 aromatic rings. The van der Waals surface area contributed by atoms with Crippen molar-refractivity contribution in [2.75, 3.05) is 19.8 Å². The Balaban J connectivity index is 1.99. The van der Waals surface area contributed by atoms with Gasteiger partial charge in [0.05, 0.1) is 15.9 Å². The molecular formula is C20H33N3O4S2. The van der Waals surface area contributed by atoms with Crippen LogP contribution in [0.3, 0.4) is 0 Å². The third kappa shape index (κ3) is 8.14. The first kappa shape index (κ1) is 24.0. The highest BCUT2D eigenvalue weighted by atomic mass is 32.2. The molecule has 1 atom stereocenters. The molecule has 0 saturated heterocycles. The van der Waals surface area contributed by atoms with Crippen molar-refractivity contribution in [1.29, 1.82) is 0 Å². The van der Waals surface area contributed by atoms with Crippen molar-refractivity contribution in [2.24, 2.45) is 11.8 Å². The molecule has 29 heavy (non-hydrogen) atoms. The molecule has 2 rings (SSSR count). The van der Waals surface area contributed by atoms with Crippen LogP contribution in [0.5, 0.6) is 0 Å². The summed E-state index contributed by atoms with van der Waals surface area (Å²) in [5.74, 6) is -0.0303. The van der Waals surface area contributed by atoms with E-state index in [1.807, 2.05) is 11.8 Å². The first-order valence-electron chi connectivity index (χ1n) is 10.3. The second kappa shape index (κ2) is 12.4. The zero-order valence-corrected chi connectivity index (χ0v) is 19.1. The Bertz CT molecular complexity index is 619. The van der Waals surface area contributed by atoms with Crippen molar-refractivity contribution in [1.82, 2.24) is 15.2 Å². The summed E-state index contributed by atoms with van der Waals surface area (Å²) in [6.07, 6.45) is 6.45. The van der Waals surface area contributed by atoms with E-state index in [2.05, 4.69) is 24.1 Å². The van der Waals surface area contributed by atoms with Gasteiger partial charge < -0.3 is 20.1 Å². The third-order valence-electron chi connectivity index (χ3n) is 5.15. The number of aromatic nitrogens is 1. The van der Waals surface area contributed by atoms with Gasteiger partial charge in [-0.1, -0.05) is 25.6 Å². The summed E-state index contributed by atoms with van der Waals surface area (Å²) in [6, 6.07) is -0.141. The van der Waals surface area contributed by atoms with Gasteiger partial charge in [-0.05, 0) is 50.9 Å². The minimum atomic E-state index is -1.05. The predicted molar refractivity (Wildman–Crippen MR) is 116 cm³/mol. The lowest BCUT2D eigenvalue weighted by Gasteiger charge is -2.37. The Hall–Kier alpha value is -1.32. The number of aliphatic carboxylic acids is 1. The van der Waals surface area contributed by atoms with Gasteiger partial charge in [-0.2, -0.15) is 0 Å². The molecule has 0 spiro atoms. The van der Waals surface area contributed by atoms with E-state index in [0.717, 1.165) is 61.3 Å². The number of carbonyl (C=O) groups excluding carboxylic acids is 1. The molecule has 1 saturated carbocycles. The maximum atomic E-state index is 13.1. The number of hydrogen-bond acceptors (Lipinski definition) is 6. The Kier molecular flexibility index (Phi) is 10.2. The fourth-order valence-electron chi connectivity index (χ4n) is 3.47. The Morgan fingerprint density at radius 1 is 1.38 bits per heavy atom. The highest BCUT2D eigenvalue weighted by molar-refractivity contribution is 8.02. The molecule has 0 radical (unpaired) electrons. The molecule has 1 heterocycles. The van der Waals surface area contributed by atoms with Crippen LogP contribution in [-0.4, -0.2) is 58.2 Å². The number of carboxylic acids is 1. The number of thiazole rings is 1. The van der Waals surface area contributed by atoms with Crippen molar-refractivity contribution in [2.45, 2.75) is 68.5 Å². The maximum absolute atomic E-state index is 13.1. The van der Waals surface area contributed by atoms with Gasteiger partial charge >= 0.3 is 12.0 Å². The minimum absolute atomic E-state index is 0.148. The Morgan fingerprint density at radius 3 is 2.66 bits per heavy atom. The summed E-state index contributed by atoms with van der Waals surface area (Å²) >= 11 is 2.48. The maximum Gasteiger partial charge on any atom is 0.337 e. The normalized spacial score (nSPS) is 20.4. The van der Waals surface area contributed by atoms with Gasteiger partial charge in [0.15, 0.2) is 5.37 Å². The van der Waals surface area contributed by atoms with Crippen molar-refractivity contribution in [3.63, 3.8) is 0 Å². The number of nitrogens with zero attached hydrogens (tertiary/aromatic N) is 2. The van der Waals surface area contributed by atoms with Crippen LogP contribution < -0.4 is 5.32 Å². The summed E-state index contributed by atoms with van der Waals surface area (Å²) in [5, 5.41) is 11.3. The average molecular weight is 444 g/mol. The summed E-state index contributed by atoms with van der Waals surface area (Å²) in [5.41, 5.74) is 1.65. The van der Waals surface area contributed by atoms with E-state index in [9.17, 15) is 14.7 Å². The summed E-state index contributed by atoms with van der Waals surface area (Å²) in [4.78, 5) is 30.6. The van der Waals surface area contributed by atoms with Crippen molar-refractivity contribution in [3.8, 4) is 0 Å². The Morgan fingerprint density at radius 2 is 2.10 bits per heavy atom. The lowest BCUT2D eigenvalue weighted by molar-refractivity contribution is -0.136. The molecule has 1 aliphatic rings. The van der Waals surface area contributed by atoms with Crippen LogP contribution in [0.4, 0.5) is 4.79 Å². The highest BCUT2D eigenvalue weighted by Gasteiger charge is 2.31. The van der Waals surface area contributed by atoms with E-state index in [1.54, 1.807) is 11.7 Å². The molecule has 2 amide bonds. The quantitative estimate of drug-likeness (QED) is 0.391. The van der Waals surface area contributed by atoms with Gasteiger partial charge in [0.25, 0.3) is 0 Å². The number of urea groups is 1. The molecular weight excluding hydrogens is 410 g/mol. The number of hydrogen-bond donors (Lipinski definition) is 2. The van der Waals surface area contributed by atoms with E-state index in [4.69, 9.17) is 4.74 Å². The van der Waals surface area contributed by atoms with Crippen molar-refractivity contribution < 1.29 is 19.4 Å². The number of nitrogens with one attached hydrogen (secondary N) is 1. The standard InChI is InChI=1S/C20H33N3O4S2/c1-4-27-12-15-5-7-16(8-6-15)23(10-9-14(2)3)20(26)22-18(19(24)25)29-17-11-21-13-28-17/h11,13-16,18H,4-10,12H2,1-3H3,(H,22,26)(H,24,25). The molecule has 0 aromatic carbocycles. The minimum Gasteiger partial charge on any atom is -0.479 e. The molecule has 1 aliphatic carbocycles. The molecule has 2 N–H and O–H groups in total. The second-order valence-electron chi connectivity index (χ2n) is 7.82. The fraction of sp³-hybridized carbons (Fsp3) is 0.750. The number of ether oxygens (including phenoxy) is 1. The van der Waals surface area contributed by atoms with Crippen molar-refractivity contribution in [3.05, 3.63) is 11.7 Å². The molecule has 0 bridgehead atoms. The molecule has 164 valence electrons. The lowest BCUT2D eigenvalue weighted by Crippen LogP contribution is -2.51. The van der Waals surface area contributed by atoms with Gasteiger partial charge in [-0.25, -0.2) is 9.59 Å². The van der Waals surface area contributed by atoms with E-state index in [0.29, 0.717) is 18.4 Å². The van der Waals surface area contributed by atoms with E-state index >= 15 is 0 Å². The summed E-state index contributed by atoms with van der Waals surface area (Å²) in [7, 11) is 0. The van der Waals surface area contributed by atoms with Crippen LogP contribution in [0.1, 0.15) is 52.9 Å². The average Bonchev–Trinajstić information content (AvgIpc) is 3.19. The first-order valence-corrected chi connectivity index (χ1v) is 12.1. The fourth-order valence-corrected chi connectivity index (χ4v) is 5.07. The summed E-state index contributed by atoms with van der Waals surface area (Å²) in [6.45, 7) is 8.43. The third-order valence-corrected chi connectivity index (χ3v) is 7.18. The van der Waals surface area contributed by atoms with Crippen LogP contribution in [0.15, 0.2) is 15.9 Å². The molecule has 9 heteroatoms. The SMILES string of the molecule is CCOCC1CCC(N(CCC(C)C)C(=O)NC(Sc2cncs2)C(=O)O)CC1. The predicted octanol–water partition coefficient (Wildman–Crippen LogP) is 4.30. The van der Waals surface area contributed by atoms with Crippen LogP contribution in [0.25, 0.3) is 0 Å². The summed E-state index contributed by atoms with van der Waals surface area (Å²) < 4.78 is 6.33. The van der Waals surface area contributed by atoms with Crippen LogP contribution >= 0.6 is 23.1 Å². The Labute approximate surface area is 181 Å². The molecule has 0 aliphatic heterocycles. The van der Waals surface area contributed by atoms with Gasteiger partial charge in [-0.15, -0.1) is 11.3 Å². The highest BCUT2D eigenvalue weighted by Crippen LogP contribution is 2.29. The van der Waals surface area contributed by atoms with Gasteiger partial charge in [0.1, 0.15) is 0 Å². The monoisotopic (exact) mass is 443 g/mol. The van der Waals surface area contributed by atoms with Crippen LogP contribution in [0, 0.1) is 11.8 Å². The largest absolute Gasteiger partial charge is 0.479 e. The molecule has 1 fully saturated rings. The second-order valence-corrected chi connectivity index (χ2v) is 10.1. The molecule has 1 unspecified atom stereocenters. The van der Waals surface area contributed by atoms with E-state index < -0.39 is 11.3 Å². The first-order chi connectivity index (χ1) is 13.9. The zero-order valence-electron chi connectivity index (χ0n) is 17.5. The van der Waals surface area contributed by atoms with Crippen molar-refractivity contribution >= 4 is 35.1 Å². The number of carboxylic acid groups (broad SMARTS) is 1. The van der Waals surface area contributed by atoms with Crippen LogP contribution in [-0.2, 0) is 9.53 Å². The molecule has 1 aromatic heterocycles. The zero-order chi connectivity index (χ0) is 21.2. The number of thioether (sulfide) groups is 1. The molecule has 7 nitrogen and oxygen atoms in total. The number of carbonyl (C=O) groups is 2. The lowest BCUT2D eigenvalue weighted by atomic mass is 9.85. The van der Waals surface area contributed by atoms with Crippen LogP contribution in [0.2, 0.25) is 0 Å². The topological polar surface area (TPSA) is 91.8 Å². The van der Waals surface area contributed by atoms with Gasteiger partial charge in [-0.3, -0.25) is 4.98 Å².